The van der Waals surface area contributed by atoms with Crippen molar-refractivity contribution in [1.82, 2.24) is 9.97 Å². The lowest BCUT2D eigenvalue weighted by molar-refractivity contribution is -0.385. The number of nitro benzene ring substituents is 1. The van der Waals surface area contributed by atoms with Crippen molar-refractivity contribution in [3.8, 4) is 11.6 Å². The second-order valence-corrected chi connectivity index (χ2v) is 4.02. The minimum Gasteiger partial charge on any atom is -0.436 e. The first-order valence-corrected chi connectivity index (χ1v) is 5.55. The van der Waals surface area contributed by atoms with E-state index in [-0.39, 0.29) is 27.6 Å². The van der Waals surface area contributed by atoms with Gasteiger partial charge < -0.3 is 10.5 Å². The summed E-state index contributed by atoms with van der Waals surface area (Å²) in [7, 11) is 0. The van der Waals surface area contributed by atoms with Gasteiger partial charge in [0.1, 0.15) is 10.3 Å². The molecule has 1 heterocycles. The zero-order valence-corrected chi connectivity index (χ0v) is 10.5. The Bertz CT molecular complexity index is 588. The van der Waals surface area contributed by atoms with Crippen LogP contribution in [0, 0.1) is 10.1 Å². The average molecular weight is 311 g/mol. The summed E-state index contributed by atoms with van der Waals surface area (Å²) < 4.78 is 5.62. The van der Waals surface area contributed by atoms with Gasteiger partial charge in [-0.1, -0.05) is 6.07 Å². The summed E-state index contributed by atoms with van der Waals surface area (Å²) in [5.41, 5.74) is 5.30. The Balaban J connectivity index is 2.32. The monoisotopic (exact) mass is 310 g/mol. The van der Waals surface area contributed by atoms with Gasteiger partial charge in [-0.05, 0) is 22.0 Å². The maximum atomic E-state index is 10.7. The minimum atomic E-state index is -0.508. The fourth-order valence-electron chi connectivity index (χ4n) is 1.21. The van der Waals surface area contributed by atoms with Crippen LogP contribution in [0.5, 0.6) is 11.6 Å². The van der Waals surface area contributed by atoms with E-state index in [4.69, 9.17) is 10.5 Å². The second-order valence-electron chi connectivity index (χ2n) is 3.23. The third-order valence-electron chi connectivity index (χ3n) is 2.00. The molecule has 0 saturated heterocycles. The van der Waals surface area contributed by atoms with Crippen LogP contribution in [0.1, 0.15) is 0 Å². The van der Waals surface area contributed by atoms with Crippen molar-refractivity contribution in [3.05, 3.63) is 45.2 Å². The molecule has 0 spiro atoms. The number of nitrogen functional groups attached to an aromatic ring is 1. The Morgan fingerprint density at radius 3 is 2.72 bits per heavy atom. The van der Waals surface area contributed by atoms with Crippen LogP contribution in [-0.4, -0.2) is 14.9 Å². The molecule has 1 aromatic heterocycles. The maximum absolute atomic E-state index is 10.7. The van der Waals surface area contributed by atoms with Gasteiger partial charge in [0.2, 0.25) is 5.88 Å². The smallest absolute Gasteiger partial charge is 0.287 e. The van der Waals surface area contributed by atoms with Crippen molar-refractivity contribution in [3.63, 3.8) is 0 Å². The van der Waals surface area contributed by atoms with Crippen LogP contribution in [0.4, 0.5) is 11.5 Å². The molecule has 1 aromatic carbocycles. The fourth-order valence-corrected chi connectivity index (χ4v) is 1.70. The second kappa shape index (κ2) is 4.96. The number of halogens is 1. The quantitative estimate of drug-likeness (QED) is 0.690. The summed E-state index contributed by atoms with van der Waals surface area (Å²) in [5.74, 6) is 0.745. The molecule has 0 atom stereocenters. The summed E-state index contributed by atoms with van der Waals surface area (Å²) in [6.07, 6.45) is 2.67. The molecule has 7 nitrogen and oxygen atoms in total. The van der Waals surface area contributed by atoms with Gasteiger partial charge in [0.05, 0.1) is 17.3 Å². The van der Waals surface area contributed by atoms with Crippen LogP contribution in [0.2, 0.25) is 0 Å². The zero-order chi connectivity index (χ0) is 13.1. The summed E-state index contributed by atoms with van der Waals surface area (Å²) in [6.45, 7) is 0. The van der Waals surface area contributed by atoms with Gasteiger partial charge in [0, 0.05) is 6.07 Å². The van der Waals surface area contributed by atoms with Crippen molar-refractivity contribution in [2.45, 2.75) is 0 Å². The van der Waals surface area contributed by atoms with E-state index in [2.05, 4.69) is 25.9 Å². The van der Waals surface area contributed by atoms with Crippen molar-refractivity contribution in [1.29, 1.82) is 0 Å². The molecule has 0 bridgehead atoms. The van der Waals surface area contributed by atoms with Gasteiger partial charge in [-0.3, -0.25) is 10.1 Å². The Hall–Kier alpha value is -2.22. The lowest BCUT2D eigenvalue weighted by Crippen LogP contribution is -1.95. The van der Waals surface area contributed by atoms with Crippen LogP contribution in [-0.2, 0) is 0 Å². The van der Waals surface area contributed by atoms with Crippen molar-refractivity contribution >= 4 is 27.4 Å². The number of benzene rings is 1. The molecule has 92 valence electrons. The van der Waals surface area contributed by atoms with Gasteiger partial charge in [-0.2, -0.15) is 0 Å². The SMILES string of the molecule is Nc1cnc(Oc2cccc([N+](=O)[O-])c2Br)cn1. The summed E-state index contributed by atoms with van der Waals surface area (Å²) in [6, 6.07) is 4.46. The summed E-state index contributed by atoms with van der Waals surface area (Å²) in [4.78, 5) is 17.9. The summed E-state index contributed by atoms with van der Waals surface area (Å²) >= 11 is 3.11. The van der Waals surface area contributed by atoms with Crippen LogP contribution in [0.25, 0.3) is 0 Å². The Kier molecular flexibility index (Phi) is 3.38. The van der Waals surface area contributed by atoms with Gasteiger partial charge in [0.25, 0.3) is 5.69 Å². The van der Waals surface area contributed by atoms with Crippen LogP contribution < -0.4 is 10.5 Å². The van der Waals surface area contributed by atoms with E-state index in [0.29, 0.717) is 0 Å². The molecule has 2 aromatic rings. The molecular weight excluding hydrogens is 304 g/mol. The fraction of sp³-hybridized carbons (Fsp3) is 0. The lowest BCUT2D eigenvalue weighted by atomic mass is 10.3. The molecule has 2 rings (SSSR count). The van der Waals surface area contributed by atoms with E-state index >= 15 is 0 Å². The van der Waals surface area contributed by atoms with E-state index in [1.54, 1.807) is 6.07 Å². The molecule has 0 aliphatic rings. The van der Waals surface area contributed by atoms with Crippen LogP contribution in [0.3, 0.4) is 0 Å². The number of aromatic nitrogens is 2. The lowest BCUT2D eigenvalue weighted by Gasteiger charge is -2.06. The van der Waals surface area contributed by atoms with E-state index in [0.717, 1.165) is 0 Å². The zero-order valence-electron chi connectivity index (χ0n) is 8.91. The average Bonchev–Trinajstić information content (AvgIpc) is 2.34. The molecule has 0 unspecified atom stereocenters. The highest BCUT2D eigenvalue weighted by Gasteiger charge is 2.16. The highest BCUT2D eigenvalue weighted by Crippen LogP contribution is 2.35. The van der Waals surface area contributed by atoms with Crippen molar-refractivity contribution in [2.24, 2.45) is 0 Å². The minimum absolute atomic E-state index is 0.0871. The van der Waals surface area contributed by atoms with Crippen LogP contribution >= 0.6 is 15.9 Å². The van der Waals surface area contributed by atoms with Gasteiger partial charge in [-0.15, -0.1) is 0 Å². The first-order chi connectivity index (χ1) is 8.58. The van der Waals surface area contributed by atoms with E-state index < -0.39 is 4.92 Å². The molecule has 0 amide bonds. The molecule has 0 radical (unpaired) electrons. The number of ether oxygens (including phenoxy) is 1. The van der Waals surface area contributed by atoms with Gasteiger partial charge >= 0.3 is 0 Å². The third kappa shape index (κ3) is 2.54. The highest BCUT2D eigenvalue weighted by molar-refractivity contribution is 9.10. The predicted molar refractivity (Wildman–Crippen MR) is 67.3 cm³/mol. The first kappa shape index (κ1) is 12.2. The number of nitro groups is 1. The molecule has 0 aliphatic carbocycles. The molecule has 18 heavy (non-hydrogen) atoms. The topological polar surface area (TPSA) is 104 Å². The number of nitrogens with zero attached hydrogens (tertiary/aromatic N) is 3. The normalized spacial score (nSPS) is 10.1. The number of anilines is 1. The van der Waals surface area contributed by atoms with Crippen molar-refractivity contribution in [2.75, 3.05) is 5.73 Å². The van der Waals surface area contributed by atoms with E-state index in [9.17, 15) is 10.1 Å². The predicted octanol–water partition coefficient (Wildman–Crippen LogP) is 2.52. The highest BCUT2D eigenvalue weighted by atomic mass is 79.9. The summed E-state index contributed by atoms with van der Waals surface area (Å²) in [5, 5.41) is 10.7. The number of hydrogen-bond acceptors (Lipinski definition) is 6. The molecule has 8 heteroatoms. The molecule has 0 aliphatic heterocycles. The molecular formula is C10H7BrN4O3. The van der Waals surface area contributed by atoms with E-state index in [1.165, 1.54) is 24.5 Å². The standard InChI is InChI=1S/C10H7BrN4O3/c11-10-6(15(16)17)2-1-3-7(10)18-9-5-13-8(12)4-14-9/h1-5H,(H2,12,13). The first-order valence-electron chi connectivity index (χ1n) is 4.76. The third-order valence-corrected chi connectivity index (χ3v) is 2.80. The van der Waals surface area contributed by atoms with Gasteiger partial charge in [-0.25, -0.2) is 9.97 Å². The maximum Gasteiger partial charge on any atom is 0.287 e. The van der Waals surface area contributed by atoms with E-state index in [1.807, 2.05) is 0 Å². The largest absolute Gasteiger partial charge is 0.436 e. The molecule has 0 saturated carbocycles. The van der Waals surface area contributed by atoms with Gasteiger partial charge in [0.15, 0.2) is 5.75 Å². The molecule has 0 fully saturated rings. The number of nitrogens with two attached hydrogens (primary N) is 1. The Labute approximate surface area is 110 Å². The number of rotatable bonds is 3. The Morgan fingerprint density at radius 2 is 2.11 bits per heavy atom. The van der Waals surface area contributed by atoms with Crippen LogP contribution in [0.15, 0.2) is 35.1 Å². The molecule has 2 N–H and O–H groups in total. The van der Waals surface area contributed by atoms with Crippen molar-refractivity contribution < 1.29 is 9.66 Å². The number of hydrogen-bond donors (Lipinski definition) is 1. The Morgan fingerprint density at radius 1 is 1.33 bits per heavy atom.